The number of likely N-dealkylation sites (tertiary alicyclic amines) is 1. The van der Waals surface area contributed by atoms with Crippen LogP contribution in [-0.4, -0.2) is 47.4 Å². The molecular weight excluding hydrogens is 224 g/mol. The molecule has 0 aromatic heterocycles. The lowest BCUT2D eigenvalue weighted by atomic mass is 10.2. The molecular formula is C11H16N2O4. The monoisotopic (exact) mass is 240 g/mol. The van der Waals surface area contributed by atoms with E-state index in [4.69, 9.17) is 5.11 Å². The predicted molar refractivity (Wildman–Crippen MR) is 58.0 cm³/mol. The van der Waals surface area contributed by atoms with Crippen LogP contribution in [0.2, 0.25) is 0 Å². The summed E-state index contributed by atoms with van der Waals surface area (Å²) in [6.45, 7) is 0.555. The molecule has 2 N–H and O–H groups in total. The molecule has 6 nitrogen and oxygen atoms in total. The molecule has 1 heterocycles. The number of aliphatic carboxylic acids is 1. The van der Waals surface area contributed by atoms with E-state index in [1.54, 1.807) is 7.05 Å². The maximum Gasteiger partial charge on any atom is 0.307 e. The highest BCUT2D eigenvalue weighted by Crippen LogP contribution is 2.41. The average molecular weight is 240 g/mol. The number of amides is 2. The summed E-state index contributed by atoms with van der Waals surface area (Å²) in [5.41, 5.74) is 0. The van der Waals surface area contributed by atoms with Gasteiger partial charge in [-0.25, -0.2) is 0 Å². The summed E-state index contributed by atoms with van der Waals surface area (Å²) in [7, 11) is 1.54. The number of carbonyl (C=O) groups excluding carboxylic acids is 2. The molecule has 3 atom stereocenters. The van der Waals surface area contributed by atoms with Crippen molar-refractivity contribution in [2.75, 3.05) is 13.6 Å². The quantitative estimate of drug-likeness (QED) is 0.692. The topological polar surface area (TPSA) is 86.7 Å². The Morgan fingerprint density at radius 2 is 2.00 bits per heavy atom. The van der Waals surface area contributed by atoms with Crippen LogP contribution in [0.1, 0.15) is 19.3 Å². The fourth-order valence-electron chi connectivity index (χ4n) is 2.42. The number of hydrogen-bond donors (Lipinski definition) is 2. The normalized spacial score (nSPS) is 31.1. The molecule has 0 aromatic carbocycles. The zero-order valence-corrected chi connectivity index (χ0v) is 9.68. The largest absolute Gasteiger partial charge is 0.481 e. The molecule has 0 aromatic rings. The van der Waals surface area contributed by atoms with Gasteiger partial charge in [0.1, 0.15) is 6.04 Å². The van der Waals surface area contributed by atoms with Gasteiger partial charge < -0.3 is 15.3 Å². The second-order valence-electron chi connectivity index (χ2n) is 4.59. The van der Waals surface area contributed by atoms with Crippen LogP contribution in [0.3, 0.4) is 0 Å². The Bertz CT molecular complexity index is 368. The molecule has 0 bridgehead atoms. The predicted octanol–water partition coefficient (Wildman–Crippen LogP) is -0.556. The van der Waals surface area contributed by atoms with Crippen molar-refractivity contribution < 1.29 is 19.5 Å². The van der Waals surface area contributed by atoms with Crippen LogP contribution in [0.25, 0.3) is 0 Å². The molecule has 1 aliphatic heterocycles. The van der Waals surface area contributed by atoms with Crippen LogP contribution < -0.4 is 5.32 Å². The van der Waals surface area contributed by atoms with Gasteiger partial charge in [0.15, 0.2) is 0 Å². The second kappa shape index (κ2) is 4.35. The smallest absolute Gasteiger partial charge is 0.307 e. The van der Waals surface area contributed by atoms with Gasteiger partial charge in [-0.3, -0.25) is 14.4 Å². The lowest BCUT2D eigenvalue weighted by Gasteiger charge is -2.23. The minimum atomic E-state index is -0.918. The van der Waals surface area contributed by atoms with Crippen LogP contribution in [0.4, 0.5) is 0 Å². The van der Waals surface area contributed by atoms with Crippen LogP contribution in [0.5, 0.6) is 0 Å². The van der Waals surface area contributed by atoms with Crippen LogP contribution in [0, 0.1) is 11.8 Å². The highest BCUT2D eigenvalue weighted by molar-refractivity contribution is 5.93. The summed E-state index contributed by atoms with van der Waals surface area (Å²) < 4.78 is 0. The number of likely N-dealkylation sites (N-methyl/N-ethyl adjacent to an activating group) is 1. The summed E-state index contributed by atoms with van der Waals surface area (Å²) in [5, 5.41) is 11.3. The molecule has 0 spiro atoms. The maximum atomic E-state index is 12.0. The Balaban J connectivity index is 2.00. The van der Waals surface area contributed by atoms with E-state index in [-0.39, 0.29) is 11.8 Å². The first-order valence-corrected chi connectivity index (χ1v) is 5.81. The molecule has 6 heteroatoms. The van der Waals surface area contributed by atoms with Gasteiger partial charge in [-0.05, 0) is 19.3 Å². The van der Waals surface area contributed by atoms with Crippen LogP contribution >= 0.6 is 0 Å². The summed E-state index contributed by atoms with van der Waals surface area (Å²) in [6.07, 6.45) is 1.87. The van der Waals surface area contributed by atoms with E-state index in [2.05, 4.69) is 5.32 Å². The molecule has 94 valence electrons. The number of nitrogens with one attached hydrogen (secondary N) is 1. The zero-order valence-electron chi connectivity index (χ0n) is 9.68. The number of carbonyl (C=O) groups is 3. The molecule has 2 aliphatic rings. The SMILES string of the molecule is CNC(=O)[C@@H]1CCCN1C(=O)[C@@H]1C[C@H]1C(=O)O. The Labute approximate surface area is 99.0 Å². The summed E-state index contributed by atoms with van der Waals surface area (Å²) >= 11 is 0. The van der Waals surface area contributed by atoms with Crippen LogP contribution in [0.15, 0.2) is 0 Å². The Hall–Kier alpha value is -1.59. The minimum absolute atomic E-state index is 0.164. The van der Waals surface area contributed by atoms with Crippen molar-refractivity contribution in [2.24, 2.45) is 11.8 Å². The second-order valence-corrected chi connectivity index (χ2v) is 4.59. The number of hydrogen-bond acceptors (Lipinski definition) is 3. The third kappa shape index (κ3) is 2.11. The van der Waals surface area contributed by atoms with Crippen LogP contribution in [-0.2, 0) is 14.4 Å². The lowest BCUT2D eigenvalue weighted by Crippen LogP contribution is -2.45. The first-order chi connectivity index (χ1) is 8.06. The van der Waals surface area contributed by atoms with Crippen molar-refractivity contribution in [2.45, 2.75) is 25.3 Å². The first-order valence-electron chi connectivity index (χ1n) is 5.81. The molecule has 2 amide bonds. The van der Waals surface area contributed by atoms with Crippen molar-refractivity contribution in [3.63, 3.8) is 0 Å². The Morgan fingerprint density at radius 1 is 1.29 bits per heavy atom. The highest BCUT2D eigenvalue weighted by atomic mass is 16.4. The van der Waals surface area contributed by atoms with Crippen molar-refractivity contribution in [1.29, 1.82) is 0 Å². The number of rotatable bonds is 3. The molecule has 17 heavy (non-hydrogen) atoms. The van der Waals surface area contributed by atoms with E-state index in [0.717, 1.165) is 6.42 Å². The van der Waals surface area contributed by atoms with Gasteiger partial charge in [-0.2, -0.15) is 0 Å². The zero-order chi connectivity index (χ0) is 12.6. The van der Waals surface area contributed by atoms with E-state index < -0.39 is 23.8 Å². The lowest BCUT2D eigenvalue weighted by molar-refractivity contribution is -0.143. The number of nitrogens with zero attached hydrogens (tertiary/aromatic N) is 1. The number of carboxylic acid groups (broad SMARTS) is 1. The van der Waals surface area contributed by atoms with Gasteiger partial charge >= 0.3 is 5.97 Å². The minimum Gasteiger partial charge on any atom is -0.481 e. The number of carboxylic acids is 1. The van der Waals surface area contributed by atoms with Gasteiger partial charge in [0.25, 0.3) is 0 Å². The molecule has 1 saturated heterocycles. The van der Waals surface area contributed by atoms with E-state index >= 15 is 0 Å². The first kappa shape index (κ1) is 11.9. The average Bonchev–Trinajstić information content (AvgIpc) is 2.97. The maximum absolute atomic E-state index is 12.0. The fourth-order valence-corrected chi connectivity index (χ4v) is 2.42. The van der Waals surface area contributed by atoms with E-state index in [1.165, 1.54) is 4.90 Å². The molecule has 2 fully saturated rings. The fraction of sp³-hybridized carbons (Fsp3) is 0.727. The molecule has 2 rings (SSSR count). The van der Waals surface area contributed by atoms with Gasteiger partial charge in [-0.15, -0.1) is 0 Å². The summed E-state index contributed by atoms with van der Waals surface area (Å²) in [5.74, 6) is -2.22. The van der Waals surface area contributed by atoms with Crippen molar-refractivity contribution >= 4 is 17.8 Å². The third-order valence-corrected chi connectivity index (χ3v) is 3.51. The van der Waals surface area contributed by atoms with Crippen molar-refractivity contribution in [1.82, 2.24) is 10.2 Å². The molecule has 0 unspecified atom stereocenters. The van der Waals surface area contributed by atoms with Crippen molar-refractivity contribution in [3.8, 4) is 0 Å². The van der Waals surface area contributed by atoms with Gasteiger partial charge in [-0.1, -0.05) is 0 Å². The third-order valence-electron chi connectivity index (χ3n) is 3.51. The Morgan fingerprint density at radius 3 is 2.53 bits per heavy atom. The van der Waals surface area contributed by atoms with E-state index in [9.17, 15) is 14.4 Å². The van der Waals surface area contributed by atoms with E-state index in [0.29, 0.717) is 19.4 Å². The standard InChI is InChI=1S/C11H16N2O4/c1-12-9(14)8-3-2-4-13(8)10(15)6-5-7(6)11(16)17/h6-8H,2-5H2,1H3,(H,12,14)(H,16,17)/t6-,7-,8+/m1/s1. The van der Waals surface area contributed by atoms with Gasteiger partial charge in [0, 0.05) is 13.6 Å². The summed E-state index contributed by atoms with van der Waals surface area (Å²) in [4.78, 5) is 35.8. The van der Waals surface area contributed by atoms with Gasteiger partial charge in [0.2, 0.25) is 11.8 Å². The molecule has 1 saturated carbocycles. The summed E-state index contributed by atoms with van der Waals surface area (Å²) in [6, 6.07) is -0.414. The molecule has 1 aliphatic carbocycles. The highest BCUT2D eigenvalue weighted by Gasteiger charge is 2.51. The Kier molecular flexibility index (Phi) is 3.04. The molecule has 0 radical (unpaired) electrons. The van der Waals surface area contributed by atoms with Gasteiger partial charge in [0.05, 0.1) is 11.8 Å². The van der Waals surface area contributed by atoms with Crippen molar-refractivity contribution in [3.05, 3.63) is 0 Å². The van der Waals surface area contributed by atoms with E-state index in [1.807, 2.05) is 0 Å².